The minimum absolute atomic E-state index is 0.130. The highest BCUT2D eigenvalue weighted by molar-refractivity contribution is 5.78. The highest BCUT2D eigenvalue weighted by Gasteiger charge is 2.24. The highest BCUT2D eigenvalue weighted by Crippen LogP contribution is 2.16. The Labute approximate surface area is 115 Å². The van der Waals surface area contributed by atoms with Gasteiger partial charge in [0.25, 0.3) is 0 Å². The van der Waals surface area contributed by atoms with Crippen LogP contribution in [0.2, 0.25) is 0 Å². The van der Waals surface area contributed by atoms with Crippen LogP contribution in [0.5, 0.6) is 0 Å². The number of amides is 1. The summed E-state index contributed by atoms with van der Waals surface area (Å²) in [6.07, 6.45) is 3.54. The molecule has 3 N–H and O–H groups in total. The minimum atomic E-state index is -0.750. The van der Waals surface area contributed by atoms with E-state index in [1.54, 1.807) is 0 Å². The molecule has 1 saturated heterocycles. The lowest BCUT2D eigenvalue weighted by molar-refractivity contribution is -0.137. The monoisotopic (exact) mass is 270 g/mol. The molecule has 0 bridgehead atoms. The second-order valence-electron chi connectivity index (χ2n) is 5.69. The summed E-state index contributed by atoms with van der Waals surface area (Å²) in [5.41, 5.74) is 0. The van der Waals surface area contributed by atoms with Gasteiger partial charge in [0.1, 0.15) is 0 Å². The molecule has 1 rings (SSSR count). The number of carboxylic acid groups (broad SMARTS) is 1. The lowest BCUT2D eigenvalue weighted by Gasteiger charge is -2.27. The molecule has 0 aromatic rings. The quantitative estimate of drug-likeness (QED) is 0.653. The largest absolute Gasteiger partial charge is 0.481 e. The van der Waals surface area contributed by atoms with E-state index >= 15 is 0 Å². The van der Waals surface area contributed by atoms with E-state index in [-0.39, 0.29) is 18.2 Å². The van der Waals surface area contributed by atoms with Gasteiger partial charge in [-0.25, -0.2) is 0 Å². The van der Waals surface area contributed by atoms with E-state index in [0.717, 1.165) is 25.8 Å². The molecular formula is C14H26N2O3. The molecule has 1 fully saturated rings. The van der Waals surface area contributed by atoms with E-state index in [1.165, 1.54) is 0 Å². The van der Waals surface area contributed by atoms with Crippen LogP contribution in [-0.2, 0) is 9.59 Å². The van der Waals surface area contributed by atoms with E-state index in [9.17, 15) is 9.59 Å². The van der Waals surface area contributed by atoms with Gasteiger partial charge in [0.15, 0.2) is 0 Å². The fourth-order valence-electron chi connectivity index (χ4n) is 2.47. The van der Waals surface area contributed by atoms with E-state index in [0.29, 0.717) is 24.9 Å². The molecule has 0 saturated carbocycles. The molecule has 0 radical (unpaired) electrons. The van der Waals surface area contributed by atoms with Crippen molar-refractivity contribution in [1.82, 2.24) is 10.6 Å². The van der Waals surface area contributed by atoms with Gasteiger partial charge in [0.05, 0.1) is 0 Å². The average molecular weight is 270 g/mol. The van der Waals surface area contributed by atoms with Crippen LogP contribution in [-0.4, -0.2) is 36.1 Å². The summed E-state index contributed by atoms with van der Waals surface area (Å²) in [6.45, 7) is 5.70. The molecule has 1 aliphatic rings. The van der Waals surface area contributed by atoms with Crippen molar-refractivity contribution in [3.8, 4) is 0 Å². The topological polar surface area (TPSA) is 78.4 Å². The lowest BCUT2D eigenvalue weighted by Crippen LogP contribution is -2.42. The van der Waals surface area contributed by atoms with Gasteiger partial charge in [0.2, 0.25) is 5.91 Å². The number of carboxylic acids is 1. The summed E-state index contributed by atoms with van der Waals surface area (Å²) in [7, 11) is 0. The molecule has 110 valence electrons. The van der Waals surface area contributed by atoms with Crippen molar-refractivity contribution in [3.05, 3.63) is 0 Å². The smallest absolute Gasteiger partial charge is 0.303 e. The molecule has 0 aromatic carbocycles. The van der Waals surface area contributed by atoms with Crippen LogP contribution in [0.25, 0.3) is 0 Å². The molecule has 1 aliphatic heterocycles. The normalized spacial score (nSPS) is 24.7. The van der Waals surface area contributed by atoms with Gasteiger partial charge in [0, 0.05) is 24.9 Å². The third-order valence-electron chi connectivity index (χ3n) is 3.78. The van der Waals surface area contributed by atoms with E-state index < -0.39 is 5.97 Å². The van der Waals surface area contributed by atoms with Crippen molar-refractivity contribution in [2.24, 2.45) is 11.8 Å². The van der Waals surface area contributed by atoms with Crippen LogP contribution >= 0.6 is 0 Å². The maximum atomic E-state index is 12.0. The van der Waals surface area contributed by atoms with Gasteiger partial charge in [-0.3, -0.25) is 9.59 Å². The molecule has 0 spiro atoms. The van der Waals surface area contributed by atoms with Crippen molar-refractivity contribution < 1.29 is 14.7 Å². The third kappa shape index (κ3) is 6.57. The van der Waals surface area contributed by atoms with Gasteiger partial charge in [-0.15, -0.1) is 0 Å². The third-order valence-corrected chi connectivity index (χ3v) is 3.78. The fraction of sp³-hybridized carbons (Fsp3) is 0.857. The Kier molecular flexibility index (Phi) is 6.84. The van der Waals surface area contributed by atoms with Crippen LogP contribution < -0.4 is 10.6 Å². The van der Waals surface area contributed by atoms with Crippen LogP contribution in [0.3, 0.4) is 0 Å². The molecule has 3 unspecified atom stereocenters. The summed E-state index contributed by atoms with van der Waals surface area (Å²) in [4.78, 5) is 22.4. The molecule has 0 aliphatic carbocycles. The first-order chi connectivity index (χ1) is 8.99. The SMILES string of the molecule is CC(CCNC(=O)C1CCNC(C)C1)CCC(=O)O. The Hall–Kier alpha value is -1.10. The Morgan fingerprint density at radius 3 is 2.79 bits per heavy atom. The summed E-state index contributed by atoms with van der Waals surface area (Å²) < 4.78 is 0. The fourth-order valence-corrected chi connectivity index (χ4v) is 2.47. The number of aliphatic carboxylic acids is 1. The minimum Gasteiger partial charge on any atom is -0.481 e. The van der Waals surface area contributed by atoms with Gasteiger partial charge >= 0.3 is 5.97 Å². The molecular weight excluding hydrogens is 244 g/mol. The molecule has 19 heavy (non-hydrogen) atoms. The maximum absolute atomic E-state index is 12.0. The van der Waals surface area contributed by atoms with Crippen molar-refractivity contribution in [3.63, 3.8) is 0 Å². The van der Waals surface area contributed by atoms with Gasteiger partial charge in [-0.2, -0.15) is 0 Å². The number of rotatable bonds is 7. The number of hydrogen-bond acceptors (Lipinski definition) is 3. The zero-order valence-corrected chi connectivity index (χ0v) is 11.9. The van der Waals surface area contributed by atoms with E-state index in [1.807, 2.05) is 6.92 Å². The number of piperidine rings is 1. The van der Waals surface area contributed by atoms with Crippen LogP contribution in [0.4, 0.5) is 0 Å². The first-order valence-electron chi connectivity index (χ1n) is 7.22. The van der Waals surface area contributed by atoms with Gasteiger partial charge in [-0.05, 0) is 45.1 Å². The van der Waals surface area contributed by atoms with Gasteiger partial charge in [-0.1, -0.05) is 6.92 Å². The molecule has 5 heteroatoms. The number of hydrogen-bond donors (Lipinski definition) is 3. The Bertz CT molecular complexity index is 307. The summed E-state index contributed by atoms with van der Waals surface area (Å²) in [6, 6.07) is 0.416. The second kappa shape index (κ2) is 8.15. The molecule has 1 heterocycles. The van der Waals surface area contributed by atoms with Crippen molar-refractivity contribution >= 4 is 11.9 Å². The van der Waals surface area contributed by atoms with Crippen LogP contribution in [0.1, 0.15) is 46.0 Å². The number of nitrogens with one attached hydrogen (secondary N) is 2. The van der Waals surface area contributed by atoms with Gasteiger partial charge < -0.3 is 15.7 Å². The molecule has 5 nitrogen and oxygen atoms in total. The van der Waals surface area contributed by atoms with Crippen molar-refractivity contribution in [1.29, 1.82) is 0 Å². The zero-order valence-electron chi connectivity index (χ0n) is 11.9. The average Bonchev–Trinajstić information content (AvgIpc) is 2.36. The first kappa shape index (κ1) is 16.0. The Morgan fingerprint density at radius 1 is 1.42 bits per heavy atom. The lowest BCUT2D eigenvalue weighted by atomic mass is 9.92. The summed E-state index contributed by atoms with van der Waals surface area (Å²) in [5, 5.41) is 14.9. The molecule has 3 atom stereocenters. The summed E-state index contributed by atoms with van der Waals surface area (Å²) in [5.74, 6) is -0.132. The van der Waals surface area contributed by atoms with Crippen LogP contribution in [0, 0.1) is 11.8 Å². The zero-order chi connectivity index (χ0) is 14.3. The van der Waals surface area contributed by atoms with Crippen LogP contribution in [0.15, 0.2) is 0 Å². The number of carbonyl (C=O) groups excluding carboxylic acids is 1. The Morgan fingerprint density at radius 2 is 2.16 bits per heavy atom. The summed E-state index contributed by atoms with van der Waals surface area (Å²) >= 11 is 0. The van der Waals surface area contributed by atoms with Crippen molar-refractivity contribution in [2.45, 2.75) is 52.0 Å². The highest BCUT2D eigenvalue weighted by atomic mass is 16.4. The van der Waals surface area contributed by atoms with E-state index in [4.69, 9.17) is 5.11 Å². The standard InChI is InChI=1S/C14H26N2O3/c1-10(3-4-13(17)18)5-7-16-14(19)12-6-8-15-11(2)9-12/h10-12,15H,3-9H2,1-2H3,(H,16,19)(H,17,18). The second-order valence-corrected chi connectivity index (χ2v) is 5.69. The predicted molar refractivity (Wildman–Crippen MR) is 73.8 cm³/mol. The van der Waals surface area contributed by atoms with E-state index in [2.05, 4.69) is 17.6 Å². The maximum Gasteiger partial charge on any atom is 0.303 e. The number of carbonyl (C=O) groups is 2. The first-order valence-corrected chi connectivity index (χ1v) is 7.22. The predicted octanol–water partition coefficient (Wildman–Crippen LogP) is 1.38. The van der Waals surface area contributed by atoms with Crippen molar-refractivity contribution in [2.75, 3.05) is 13.1 Å². The Balaban J connectivity index is 2.14. The molecule has 1 amide bonds. The molecule has 0 aromatic heterocycles.